The first-order valence-corrected chi connectivity index (χ1v) is 10.5. The van der Waals surface area contributed by atoms with E-state index < -0.39 is 6.03 Å². The predicted octanol–water partition coefficient (Wildman–Crippen LogP) is 7.88. The van der Waals surface area contributed by atoms with Crippen molar-refractivity contribution in [1.82, 2.24) is 0 Å². The summed E-state index contributed by atoms with van der Waals surface area (Å²) < 4.78 is 6.10. The Morgan fingerprint density at radius 3 is 2.16 bits per heavy atom. The molecule has 162 valence electrons. The summed E-state index contributed by atoms with van der Waals surface area (Å²) in [6, 6.07) is 13.4. The summed E-state index contributed by atoms with van der Waals surface area (Å²) >= 11 is 12.2. The molecule has 0 saturated carbocycles. The van der Waals surface area contributed by atoms with Crippen LogP contribution in [0, 0.1) is 13.8 Å². The van der Waals surface area contributed by atoms with Crippen LogP contribution in [0.3, 0.4) is 0 Å². The van der Waals surface area contributed by atoms with Crippen LogP contribution in [0.1, 0.15) is 36.5 Å². The van der Waals surface area contributed by atoms with E-state index in [1.807, 2.05) is 45.9 Å². The molecule has 3 aromatic rings. The molecule has 0 aliphatic rings. The number of nitrogens with one attached hydrogen (secondary N) is 2. The Kier molecular flexibility index (Phi) is 6.98. The maximum atomic E-state index is 12.4. The van der Waals surface area contributed by atoms with Gasteiger partial charge in [-0.3, -0.25) is 0 Å². The molecule has 7 heteroatoms. The molecule has 0 atom stereocenters. The first-order valence-electron chi connectivity index (χ1n) is 9.79. The fourth-order valence-corrected chi connectivity index (χ4v) is 3.74. The van der Waals surface area contributed by atoms with E-state index >= 15 is 0 Å². The lowest BCUT2D eigenvalue weighted by Gasteiger charge is -2.16. The molecule has 5 nitrogen and oxygen atoms in total. The standard InChI is InChI=1S/C24H24Cl2N2O3/c1-13(2)18-12-17(8-9-21(18)29)31-23-14(3)10-16(11-15(23)4)27-24(30)28-22-19(25)6-5-7-20(22)26/h5-13,29H,1-4H3,(H2,27,28,30). The maximum absolute atomic E-state index is 12.4. The van der Waals surface area contributed by atoms with Crippen molar-refractivity contribution in [3.8, 4) is 17.2 Å². The maximum Gasteiger partial charge on any atom is 0.323 e. The normalized spacial score (nSPS) is 10.8. The molecule has 3 rings (SSSR count). The van der Waals surface area contributed by atoms with Gasteiger partial charge in [0.05, 0.1) is 15.7 Å². The van der Waals surface area contributed by atoms with Crippen LogP contribution in [0.2, 0.25) is 10.0 Å². The van der Waals surface area contributed by atoms with E-state index in [0.29, 0.717) is 32.9 Å². The third kappa shape index (κ3) is 5.43. The number of aromatic hydroxyl groups is 1. The van der Waals surface area contributed by atoms with Gasteiger partial charge in [-0.2, -0.15) is 0 Å². The molecule has 31 heavy (non-hydrogen) atoms. The fraction of sp³-hybridized carbons (Fsp3) is 0.208. The highest BCUT2D eigenvalue weighted by Gasteiger charge is 2.14. The molecule has 0 aliphatic heterocycles. The number of carbonyl (C=O) groups is 1. The Balaban J connectivity index is 1.78. The number of hydrogen-bond donors (Lipinski definition) is 3. The predicted molar refractivity (Wildman–Crippen MR) is 127 cm³/mol. The number of hydrogen-bond acceptors (Lipinski definition) is 3. The highest BCUT2D eigenvalue weighted by Crippen LogP contribution is 2.35. The van der Waals surface area contributed by atoms with Crippen molar-refractivity contribution in [3.05, 3.63) is 75.3 Å². The first kappa shape index (κ1) is 22.8. The minimum Gasteiger partial charge on any atom is -0.508 e. The van der Waals surface area contributed by atoms with Crippen LogP contribution in [-0.4, -0.2) is 11.1 Å². The van der Waals surface area contributed by atoms with Gasteiger partial charge in [-0.1, -0.05) is 43.1 Å². The highest BCUT2D eigenvalue weighted by atomic mass is 35.5. The summed E-state index contributed by atoms with van der Waals surface area (Å²) in [6.45, 7) is 7.83. The van der Waals surface area contributed by atoms with E-state index in [-0.39, 0.29) is 11.7 Å². The summed E-state index contributed by atoms with van der Waals surface area (Å²) in [5.74, 6) is 1.75. The van der Waals surface area contributed by atoms with Gasteiger partial charge in [0.2, 0.25) is 0 Å². The Labute approximate surface area is 192 Å². The van der Waals surface area contributed by atoms with Gasteiger partial charge >= 0.3 is 6.03 Å². The van der Waals surface area contributed by atoms with Gasteiger partial charge in [0, 0.05) is 11.3 Å². The van der Waals surface area contributed by atoms with Gasteiger partial charge in [0.25, 0.3) is 0 Å². The van der Waals surface area contributed by atoms with Crippen LogP contribution < -0.4 is 15.4 Å². The number of aryl methyl sites for hydroxylation is 2. The van der Waals surface area contributed by atoms with Crippen molar-refractivity contribution >= 4 is 40.6 Å². The average Bonchev–Trinajstić information content (AvgIpc) is 2.68. The molecule has 0 aliphatic carbocycles. The number of phenolic OH excluding ortho intramolecular Hbond substituents is 1. The molecule has 3 N–H and O–H groups in total. The van der Waals surface area contributed by atoms with Gasteiger partial charge in [-0.25, -0.2) is 4.79 Å². The topological polar surface area (TPSA) is 70.6 Å². The summed E-state index contributed by atoms with van der Waals surface area (Å²) in [5, 5.41) is 16.2. The Hall–Kier alpha value is -2.89. The van der Waals surface area contributed by atoms with E-state index in [0.717, 1.165) is 16.7 Å². The van der Waals surface area contributed by atoms with E-state index in [2.05, 4.69) is 10.6 Å². The molecule has 0 aromatic heterocycles. The van der Waals surface area contributed by atoms with Crippen LogP contribution in [0.4, 0.5) is 16.2 Å². The molecular weight excluding hydrogens is 435 g/mol. The molecule has 0 bridgehead atoms. The van der Waals surface area contributed by atoms with Gasteiger partial charge < -0.3 is 20.5 Å². The molecule has 0 spiro atoms. The van der Waals surface area contributed by atoms with Gasteiger partial charge in [0.15, 0.2) is 0 Å². The summed E-state index contributed by atoms with van der Waals surface area (Å²) in [5.41, 5.74) is 3.48. The van der Waals surface area contributed by atoms with Crippen molar-refractivity contribution in [2.75, 3.05) is 10.6 Å². The number of ether oxygens (including phenoxy) is 1. The minimum atomic E-state index is -0.456. The lowest BCUT2D eigenvalue weighted by Crippen LogP contribution is -2.20. The van der Waals surface area contributed by atoms with Crippen molar-refractivity contribution < 1.29 is 14.6 Å². The van der Waals surface area contributed by atoms with Crippen LogP contribution in [0.15, 0.2) is 48.5 Å². The van der Waals surface area contributed by atoms with E-state index in [1.54, 1.807) is 30.3 Å². The number of halogens is 2. The zero-order valence-electron chi connectivity index (χ0n) is 17.7. The monoisotopic (exact) mass is 458 g/mol. The second-order valence-electron chi connectivity index (χ2n) is 7.59. The Bertz CT molecular complexity index is 1090. The number of urea groups is 1. The third-order valence-corrected chi connectivity index (χ3v) is 5.39. The van der Waals surface area contributed by atoms with Gasteiger partial charge in [-0.15, -0.1) is 0 Å². The zero-order chi connectivity index (χ0) is 22.7. The molecular formula is C24H24Cl2N2O3. The van der Waals surface area contributed by atoms with Gasteiger partial charge in [-0.05, 0) is 73.4 Å². The molecule has 0 unspecified atom stereocenters. The minimum absolute atomic E-state index is 0.169. The quantitative estimate of drug-likeness (QED) is 0.364. The largest absolute Gasteiger partial charge is 0.508 e. The molecule has 3 aromatic carbocycles. The van der Waals surface area contributed by atoms with Crippen molar-refractivity contribution in [2.45, 2.75) is 33.6 Å². The van der Waals surface area contributed by atoms with Crippen LogP contribution in [0.25, 0.3) is 0 Å². The number of anilines is 2. The number of benzene rings is 3. The van der Waals surface area contributed by atoms with Gasteiger partial charge in [0.1, 0.15) is 17.2 Å². The number of amides is 2. The van der Waals surface area contributed by atoms with E-state index in [1.165, 1.54) is 0 Å². The first-order chi connectivity index (χ1) is 14.7. The van der Waals surface area contributed by atoms with Crippen molar-refractivity contribution in [1.29, 1.82) is 0 Å². The SMILES string of the molecule is Cc1cc(NC(=O)Nc2c(Cl)cccc2Cl)cc(C)c1Oc1ccc(O)c(C(C)C)c1. The van der Waals surface area contributed by atoms with Crippen LogP contribution >= 0.6 is 23.2 Å². The lowest BCUT2D eigenvalue weighted by molar-refractivity contribution is 0.262. The Morgan fingerprint density at radius 2 is 1.58 bits per heavy atom. The summed E-state index contributed by atoms with van der Waals surface area (Å²) in [4.78, 5) is 12.4. The second kappa shape index (κ2) is 9.50. The summed E-state index contributed by atoms with van der Waals surface area (Å²) in [7, 11) is 0. The number of para-hydroxylation sites is 1. The Morgan fingerprint density at radius 1 is 0.968 bits per heavy atom. The van der Waals surface area contributed by atoms with Crippen molar-refractivity contribution in [2.24, 2.45) is 0 Å². The van der Waals surface area contributed by atoms with Crippen LogP contribution in [-0.2, 0) is 0 Å². The van der Waals surface area contributed by atoms with Crippen LogP contribution in [0.5, 0.6) is 17.2 Å². The smallest absolute Gasteiger partial charge is 0.323 e. The lowest BCUT2D eigenvalue weighted by atomic mass is 10.0. The number of phenols is 1. The van der Waals surface area contributed by atoms with Crippen molar-refractivity contribution in [3.63, 3.8) is 0 Å². The number of rotatable bonds is 5. The third-order valence-electron chi connectivity index (χ3n) is 4.76. The molecule has 0 heterocycles. The fourth-order valence-electron chi connectivity index (χ4n) is 3.25. The highest BCUT2D eigenvalue weighted by molar-refractivity contribution is 6.39. The second-order valence-corrected chi connectivity index (χ2v) is 8.41. The van der Waals surface area contributed by atoms with E-state index in [9.17, 15) is 9.90 Å². The number of carbonyl (C=O) groups excluding carboxylic acids is 1. The summed E-state index contributed by atoms with van der Waals surface area (Å²) in [6.07, 6.45) is 0. The average molecular weight is 459 g/mol. The molecule has 2 amide bonds. The van der Waals surface area contributed by atoms with E-state index in [4.69, 9.17) is 27.9 Å². The zero-order valence-corrected chi connectivity index (χ0v) is 19.2. The molecule has 0 radical (unpaired) electrons. The molecule has 0 fully saturated rings. The molecule has 0 saturated heterocycles.